The Morgan fingerprint density at radius 3 is 2.31 bits per heavy atom. The molecule has 0 saturated carbocycles. The van der Waals surface area contributed by atoms with Gasteiger partial charge in [0.25, 0.3) is 11.8 Å². The van der Waals surface area contributed by atoms with E-state index in [2.05, 4.69) is 39.8 Å². The van der Waals surface area contributed by atoms with Crippen LogP contribution in [0.15, 0.2) is 72.8 Å². The van der Waals surface area contributed by atoms with Gasteiger partial charge in [-0.1, -0.05) is 42.5 Å². The van der Waals surface area contributed by atoms with Gasteiger partial charge in [0.05, 0.1) is 11.3 Å². The van der Waals surface area contributed by atoms with E-state index >= 15 is 0 Å². The normalized spacial score (nSPS) is 12.9. The second-order valence-electron chi connectivity index (χ2n) is 9.20. The molecule has 0 spiro atoms. The molecule has 1 heterocycles. The minimum atomic E-state index is -0.361. The van der Waals surface area contributed by atoms with Crippen LogP contribution >= 0.6 is 0 Å². The number of hydrogen-bond acceptors (Lipinski definition) is 3. The Morgan fingerprint density at radius 2 is 1.56 bits per heavy atom. The van der Waals surface area contributed by atoms with E-state index in [9.17, 15) is 9.59 Å². The fourth-order valence-corrected chi connectivity index (χ4v) is 3.95. The summed E-state index contributed by atoms with van der Waals surface area (Å²) < 4.78 is 0. The van der Waals surface area contributed by atoms with Gasteiger partial charge in [0.1, 0.15) is 0 Å². The lowest BCUT2D eigenvalue weighted by Crippen LogP contribution is -2.40. The summed E-state index contributed by atoms with van der Waals surface area (Å²) in [5.41, 5.74) is 4.97. The molecule has 0 atom stereocenters. The number of nitrogens with zero attached hydrogens (tertiary/aromatic N) is 1. The highest BCUT2D eigenvalue weighted by molar-refractivity contribution is 6.09. The monoisotopic (exact) mass is 427 g/mol. The maximum absolute atomic E-state index is 12.8. The standard InChI is InChI=1S/C27H29N3O2/c1-27(2,3)29-26(32)22-9-5-6-10-23(22)28-25(31)21-14-12-19(13-15-21)18-30-17-16-20-8-4-7-11-24(20)30/h4-15H,16-18H2,1-3H3,(H,28,31)(H,29,32). The lowest BCUT2D eigenvalue weighted by molar-refractivity contribution is 0.0920. The highest BCUT2D eigenvalue weighted by Crippen LogP contribution is 2.29. The molecule has 0 radical (unpaired) electrons. The number of hydrogen-bond donors (Lipinski definition) is 2. The maximum Gasteiger partial charge on any atom is 0.255 e. The summed E-state index contributed by atoms with van der Waals surface area (Å²) in [6, 6.07) is 23.2. The number of carbonyl (C=O) groups excluding carboxylic acids is 2. The van der Waals surface area contributed by atoms with Gasteiger partial charge >= 0.3 is 0 Å². The van der Waals surface area contributed by atoms with Crippen LogP contribution in [0.1, 0.15) is 52.6 Å². The van der Waals surface area contributed by atoms with E-state index in [0.717, 1.165) is 25.1 Å². The van der Waals surface area contributed by atoms with Gasteiger partial charge in [0.15, 0.2) is 0 Å². The fourth-order valence-electron chi connectivity index (χ4n) is 3.95. The number of nitrogens with one attached hydrogen (secondary N) is 2. The molecular formula is C27H29N3O2. The van der Waals surface area contributed by atoms with Gasteiger partial charge in [0, 0.05) is 29.9 Å². The quantitative estimate of drug-likeness (QED) is 0.600. The first-order valence-electron chi connectivity index (χ1n) is 10.9. The zero-order valence-electron chi connectivity index (χ0n) is 18.8. The molecule has 164 valence electrons. The first-order valence-corrected chi connectivity index (χ1v) is 10.9. The summed E-state index contributed by atoms with van der Waals surface area (Å²) in [7, 11) is 0. The van der Waals surface area contributed by atoms with Crippen LogP contribution < -0.4 is 15.5 Å². The number of fused-ring (bicyclic) bond motifs is 1. The minimum Gasteiger partial charge on any atom is -0.367 e. The molecular weight excluding hydrogens is 398 g/mol. The van der Waals surface area contributed by atoms with E-state index in [1.807, 2.05) is 45.0 Å². The van der Waals surface area contributed by atoms with Crippen molar-refractivity contribution in [1.29, 1.82) is 0 Å². The van der Waals surface area contributed by atoms with E-state index in [-0.39, 0.29) is 17.4 Å². The molecule has 0 aromatic heterocycles. The van der Waals surface area contributed by atoms with E-state index in [1.165, 1.54) is 11.3 Å². The lowest BCUT2D eigenvalue weighted by atomic mass is 10.1. The molecule has 0 saturated heterocycles. The first-order chi connectivity index (χ1) is 15.3. The second-order valence-corrected chi connectivity index (χ2v) is 9.20. The van der Waals surface area contributed by atoms with Crippen molar-refractivity contribution in [2.45, 2.75) is 39.3 Å². The Morgan fingerprint density at radius 1 is 0.875 bits per heavy atom. The fraction of sp³-hybridized carbons (Fsp3) is 0.259. The van der Waals surface area contributed by atoms with Gasteiger partial charge in [-0.15, -0.1) is 0 Å². The minimum absolute atomic E-state index is 0.213. The molecule has 0 aliphatic carbocycles. The van der Waals surface area contributed by atoms with Crippen molar-refractivity contribution in [3.8, 4) is 0 Å². The Labute approximate surface area is 189 Å². The van der Waals surface area contributed by atoms with E-state index in [0.29, 0.717) is 16.8 Å². The van der Waals surface area contributed by atoms with Crippen molar-refractivity contribution in [2.75, 3.05) is 16.8 Å². The predicted octanol–water partition coefficient (Wildman–Crippen LogP) is 5.03. The maximum atomic E-state index is 12.8. The second kappa shape index (κ2) is 8.87. The van der Waals surface area contributed by atoms with Gasteiger partial charge in [-0.2, -0.15) is 0 Å². The molecule has 0 fully saturated rings. The third-order valence-electron chi connectivity index (χ3n) is 5.48. The topological polar surface area (TPSA) is 61.4 Å². The number of para-hydroxylation sites is 2. The van der Waals surface area contributed by atoms with Crippen LogP contribution in [0.5, 0.6) is 0 Å². The summed E-state index contributed by atoms with van der Waals surface area (Å²) in [6.07, 6.45) is 1.07. The zero-order valence-corrected chi connectivity index (χ0v) is 18.8. The van der Waals surface area contributed by atoms with Crippen molar-refractivity contribution in [3.05, 3.63) is 95.1 Å². The van der Waals surface area contributed by atoms with Gasteiger partial charge < -0.3 is 15.5 Å². The van der Waals surface area contributed by atoms with Crippen LogP contribution in [-0.4, -0.2) is 23.9 Å². The Bertz CT molecular complexity index is 1130. The summed E-state index contributed by atoms with van der Waals surface area (Å²) in [4.78, 5) is 27.8. The van der Waals surface area contributed by atoms with Crippen LogP contribution in [0.2, 0.25) is 0 Å². The summed E-state index contributed by atoms with van der Waals surface area (Å²) in [5.74, 6) is -0.450. The average Bonchev–Trinajstić information content (AvgIpc) is 3.16. The summed E-state index contributed by atoms with van der Waals surface area (Å²) in [6.45, 7) is 7.60. The highest BCUT2D eigenvalue weighted by Gasteiger charge is 2.20. The largest absolute Gasteiger partial charge is 0.367 e. The van der Waals surface area contributed by atoms with Gasteiger partial charge in [-0.05, 0) is 68.7 Å². The van der Waals surface area contributed by atoms with Crippen LogP contribution in [0, 0.1) is 0 Å². The molecule has 1 aliphatic heterocycles. The molecule has 1 aliphatic rings. The SMILES string of the molecule is CC(C)(C)NC(=O)c1ccccc1NC(=O)c1ccc(CN2CCc3ccccc32)cc1. The molecule has 0 unspecified atom stereocenters. The van der Waals surface area contributed by atoms with Gasteiger partial charge in [0.2, 0.25) is 0 Å². The molecule has 3 aromatic carbocycles. The number of carbonyl (C=O) groups is 2. The van der Waals surface area contributed by atoms with Crippen LogP contribution in [0.4, 0.5) is 11.4 Å². The zero-order chi connectivity index (χ0) is 22.7. The summed E-state index contributed by atoms with van der Waals surface area (Å²) >= 11 is 0. The van der Waals surface area contributed by atoms with E-state index in [4.69, 9.17) is 0 Å². The number of amides is 2. The molecule has 5 nitrogen and oxygen atoms in total. The third-order valence-corrected chi connectivity index (χ3v) is 5.48. The van der Waals surface area contributed by atoms with Crippen LogP contribution in [0.3, 0.4) is 0 Å². The molecule has 5 heteroatoms. The third kappa shape index (κ3) is 4.99. The van der Waals surface area contributed by atoms with E-state index < -0.39 is 0 Å². The molecule has 3 aromatic rings. The van der Waals surface area contributed by atoms with Crippen molar-refractivity contribution < 1.29 is 9.59 Å². The predicted molar refractivity (Wildman–Crippen MR) is 129 cm³/mol. The molecule has 2 amide bonds. The Hall–Kier alpha value is -3.60. The van der Waals surface area contributed by atoms with Gasteiger partial charge in [-0.3, -0.25) is 9.59 Å². The first kappa shape index (κ1) is 21.6. The van der Waals surface area contributed by atoms with Crippen molar-refractivity contribution in [2.24, 2.45) is 0 Å². The van der Waals surface area contributed by atoms with Crippen molar-refractivity contribution in [3.63, 3.8) is 0 Å². The lowest BCUT2D eigenvalue weighted by Gasteiger charge is -2.21. The smallest absolute Gasteiger partial charge is 0.255 e. The highest BCUT2D eigenvalue weighted by atomic mass is 16.2. The van der Waals surface area contributed by atoms with Crippen LogP contribution in [0.25, 0.3) is 0 Å². The number of benzene rings is 3. The number of anilines is 2. The average molecular weight is 428 g/mol. The number of rotatable bonds is 5. The molecule has 4 rings (SSSR count). The van der Waals surface area contributed by atoms with Crippen molar-refractivity contribution in [1.82, 2.24) is 5.32 Å². The van der Waals surface area contributed by atoms with E-state index in [1.54, 1.807) is 24.3 Å². The Balaban J connectivity index is 1.44. The van der Waals surface area contributed by atoms with Gasteiger partial charge in [-0.25, -0.2) is 0 Å². The Kier molecular flexibility index (Phi) is 5.99. The van der Waals surface area contributed by atoms with Crippen molar-refractivity contribution >= 4 is 23.2 Å². The van der Waals surface area contributed by atoms with Crippen LogP contribution in [-0.2, 0) is 13.0 Å². The summed E-state index contributed by atoms with van der Waals surface area (Å²) in [5, 5.41) is 5.83. The molecule has 2 N–H and O–H groups in total. The molecule has 32 heavy (non-hydrogen) atoms. The molecule has 0 bridgehead atoms.